The second-order valence-corrected chi connectivity index (χ2v) is 3.32. The Balaban J connectivity index is 2.57. The van der Waals surface area contributed by atoms with Gasteiger partial charge in [0.15, 0.2) is 0 Å². The number of nitrogens with zero attached hydrogens (tertiary/aromatic N) is 1. The summed E-state index contributed by atoms with van der Waals surface area (Å²) in [6.45, 7) is 2.61. The Morgan fingerprint density at radius 1 is 1.25 bits per heavy atom. The number of ether oxygens (including phenoxy) is 2. The molecule has 4 heteroatoms. The van der Waals surface area contributed by atoms with Crippen LogP contribution in [0.2, 0.25) is 0 Å². The standard InChI is InChI=1S/C12H15NO3/c1-4-16-9-5-6-11-10(7-9)12(14-2)8-13(11)15-3/h5-8H,4H2,1-3H3. The third-order valence-corrected chi connectivity index (χ3v) is 2.43. The van der Waals surface area contributed by atoms with Crippen LogP contribution in [0, 0.1) is 0 Å². The summed E-state index contributed by atoms with van der Waals surface area (Å²) in [6.07, 6.45) is 1.81. The van der Waals surface area contributed by atoms with Gasteiger partial charge in [0.05, 0.1) is 25.4 Å². The maximum atomic E-state index is 5.45. The number of fused-ring (bicyclic) bond motifs is 1. The van der Waals surface area contributed by atoms with Gasteiger partial charge in [-0.15, -0.1) is 0 Å². The van der Waals surface area contributed by atoms with Gasteiger partial charge in [-0.1, -0.05) is 0 Å². The minimum absolute atomic E-state index is 0.652. The molecule has 0 unspecified atom stereocenters. The van der Waals surface area contributed by atoms with Gasteiger partial charge in [0, 0.05) is 5.39 Å². The molecule has 0 atom stereocenters. The van der Waals surface area contributed by atoms with Crippen molar-refractivity contribution in [2.24, 2.45) is 0 Å². The van der Waals surface area contributed by atoms with E-state index < -0.39 is 0 Å². The Hall–Kier alpha value is -1.84. The molecule has 1 aromatic heterocycles. The molecule has 1 aromatic carbocycles. The van der Waals surface area contributed by atoms with E-state index in [-0.39, 0.29) is 0 Å². The number of aromatic nitrogens is 1. The minimum Gasteiger partial charge on any atom is -0.494 e. The van der Waals surface area contributed by atoms with Crippen molar-refractivity contribution in [1.82, 2.24) is 4.73 Å². The van der Waals surface area contributed by atoms with Gasteiger partial charge in [0.2, 0.25) is 0 Å². The van der Waals surface area contributed by atoms with E-state index in [1.807, 2.05) is 25.1 Å². The summed E-state index contributed by atoms with van der Waals surface area (Å²) in [4.78, 5) is 5.21. The summed E-state index contributed by atoms with van der Waals surface area (Å²) < 4.78 is 12.4. The molecule has 2 rings (SSSR count). The van der Waals surface area contributed by atoms with Crippen molar-refractivity contribution in [2.45, 2.75) is 6.92 Å². The fourth-order valence-electron chi connectivity index (χ4n) is 1.72. The van der Waals surface area contributed by atoms with Crippen LogP contribution in [0.15, 0.2) is 24.4 Å². The maximum absolute atomic E-state index is 5.45. The second-order valence-electron chi connectivity index (χ2n) is 3.32. The molecule has 0 radical (unpaired) electrons. The highest BCUT2D eigenvalue weighted by atomic mass is 16.6. The number of hydrogen-bond donors (Lipinski definition) is 0. The summed E-state index contributed by atoms with van der Waals surface area (Å²) in [5, 5.41) is 0.982. The lowest BCUT2D eigenvalue weighted by molar-refractivity contribution is 0.177. The first kappa shape index (κ1) is 10.7. The fraction of sp³-hybridized carbons (Fsp3) is 0.333. The average Bonchev–Trinajstić information content (AvgIpc) is 2.67. The van der Waals surface area contributed by atoms with Gasteiger partial charge in [-0.25, -0.2) is 0 Å². The molecule has 0 amide bonds. The van der Waals surface area contributed by atoms with Crippen LogP contribution in [0.25, 0.3) is 10.9 Å². The third kappa shape index (κ3) is 1.66. The molecule has 0 fully saturated rings. The van der Waals surface area contributed by atoms with Gasteiger partial charge in [0.1, 0.15) is 18.6 Å². The Morgan fingerprint density at radius 3 is 2.69 bits per heavy atom. The summed E-state index contributed by atoms with van der Waals surface area (Å²) in [5.41, 5.74) is 0.961. The van der Waals surface area contributed by atoms with Crippen LogP contribution in [0.3, 0.4) is 0 Å². The average molecular weight is 221 g/mol. The molecular formula is C12H15NO3. The maximum Gasteiger partial charge on any atom is 0.148 e. The van der Waals surface area contributed by atoms with Crippen LogP contribution in [-0.4, -0.2) is 25.6 Å². The van der Waals surface area contributed by atoms with Crippen LogP contribution < -0.4 is 14.3 Å². The van der Waals surface area contributed by atoms with Crippen molar-refractivity contribution in [1.29, 1.82) is 0 Å². The van der Waals surface area contributed by atoms with E-state index in [0.29, 0.717) is 6.61 Å². The van der Waals surface area contributed by atoms with Crippen LogP contribution in [0.1, 0.15) is 6.92 Å². The molecule has 4 nitrogen and oxygen atoms in total. The van der Waals surface area contributed by atoms with Crippen molar-refractivity contribution in [3.8, 4) is 11.5 Å². The first-order valence-electron chi connectivity index (χ1n) is 5.16. The highest BCUT2D eigenvalue weighted by Gasteiger charge is 2.10. The molecule has 0 saturated heterocycles. The number of benzene rings is 1. The van der Waals surface area contributed by atoms with Crippen molar-refractivity contribution in [3.05, 3.63) is 24.4 Å². The van der Waals surface area contributed by atoms with Crippen molar-refractivity contribution >= 4 is 10.9 Å². The van der Waals surface area contributed by atoms with Crippen molar-refractivity contribution in [2.75, 3.05) is 20.8 Å². The van der Waals surface area contributed by atoms with E-state index in [9.17, 15) is 0 Å². The highest BCUT2D eigenvalue weighted by molar-refractivity contribution is 5.87. The molecule has 0 spiro atoms. The minimum atomic E-state index is 0.652. The molecule has 0 aliphatic heterocycles. The number of hydrogen-bond acceptors (Lipinski definition) is 3. The first-order chi connectivity index (χ1) is 7.80. The number of rotatable bonds is 4. The fourth-order valence-corrected chi connectivity index (χ4v) is 1.72. The molecule has 0 aliphatic carbocycles. The van der Waals surface area contributed by atoms with Gasteiger partial charge < -0.3 is 14.3 Å². The molecule has 86 valence electrons. The molecule has 0 N–H and O–H groups in total. The Kier molecular flexibility index (Phi) is 2.90. The smallest absolute Gasteiger partial charge is 0.148 e. The summed E-state index contributed by atoms with van der Waals surface area (Å²) in [6, 6.07) is 5.82. The van der Waals surface area contributed by atoms with E-state index in [1.165, 1.54) is 0 Å². The van der Waals surface area contributed by atoms with Gasteiger partial charge in [-0.05, 0) is 25.1 Å². The van der Waals surface area contributed by atoms with Crippen LogP contribution in [0.5, 0.6) is 11.5 Å². The topological polar surface area (TPSA) is 32.6 Å². The molecule has 16 heavy (non-hydrogen) atoms. The van der Waals surface area contributed by atoms with Crippen molar-refractivity contribution < 1.29 is 14.3 Å². The monoisotopic (exact) mass is 221 g/mol. The van der Waals surface area contributed by atoms with E-state index in [1.54, 1.807) is 25.1 Å². The summed E-state index contributed by atoms with van der Waals surface area (Å²) >= 11 is 0. The molecule has 0 saturated carbocycles. The lowest BCUT2D eigenvalue weighted by Crippen LogP contribution is -2.02. The Labute approximate surface area is 94.3 Å². The lowest BCUT2D eigenvalue weighted by Gasteiger charge is -2.04. The predicted molar refractivity (Wildman–Crippen MR) is 62.2 cm³/mol. The summed E-state index contributed by atoms with van der Waals surface area (Å²) in [7, 11) is 3.26. The first-order valence-corrected chi connectivity index (χ1v) is 5.16. The van der Waals surface area contributed by atoms with Crippen molar-refractivity contribution in [3.63, 3.8) is 0 Å². The van der Waals surface area contributed by atoms with E-state index in [4.69, 9.17) is 14.3 Å². The quantitative estimate of drug-likeness (QED) is 0.792. The zero-order chi connectivity index (χ0) is 11.5. The zero-order valence-corrected chi connectivity index (χ0v) is 9.69. The highest BCUT2D eigenvalue weighted by Crippen LogP contribution is 2.30. The Morgan fingerprint density at radius 2 is 2.06 bits per heavy atom. The SMILES string of the molecule is CCOc1ccc2c(c1)c(OC)cn2OC. The van der Waals surface area contributed by atoms with Gasteiger partial charge in [-0.2, -0.15) is 4.73 Å². The van der Waals surface area contributed by atoms with Gasteiger partial charge in [0.25, 0.3) is 0 Å². The molecule has 0 aliphatic rings. The van der Waals surface area contributed by atoms with Crippen LogP contribution in [0.4, 0.5) is 0 Å². The molecule has 1 heterocycles. The normalized spacial score (nSPS) is 10.4. The van der Waals surface area contributed by atoms with Gasteiger partial charge in [-0.3, -0.25) is 0 Å². The second kappa shape index (κ2) is 4.35. The molecular weight excluding hydrogens is 206 g/mol. The van der Waals surface area contributed by atoms with E-state index >= 15 is 0 Å². The third-order valence-electron chi connectivity index (χ3n) is 2.43. The lowest BCUT2D eigenvalue weighted by atomic mass is 10.2. The molecule has 2 aromatic rings. The Bertz CT molecular complexity index is 490. The molecule has 0 bridgehead atoms. The number of methoxy groups -OCH3 is 1. The zero-order valence-electron chi connectivity index (χ0n) is 9.69. The summed E-state index contributed by atoms with van der Waals surface area (Å²) in [5.74, 6) is 1.61. The predicted octanol–water partition coefficient (Wildman–Crippen LogP) is 2.11. The van der Waals surface area contributed by atoms with E-state index in [0.717, 1.165) is 22.4 Å². The largest absolute Gasteiger partial charge is 0.494 e. The van der Waals surface area contributed by atoms with E-state index in [2.05, 4.69) is 0 Å². The van der Waals surface area contributed by atoms with Crippen LogP contribution >= 0.6 is 0 Å². The van der Waals surface area contributed by atoms with Gasteiger partial charge >= 0.3 is 0 Å². The van der Waals surface area contributed by atoms with Crippen LogP contribution in [-0.2, 0) is 0 Å².